The zero-order valence-corrected chi connectivity index (χ0v) is 8.68. The Balaban J connectivity index is 3.12. The van der Waals surface area contributed by atoms with Gasteiger partial charge in [0.25, 0.3) is 0 Å². The van der Waals surface area contributed by atoms with Crippen molar-refractivity contribution in [3.05, 3.63) is 12.7 Å². The first-order valence-electron chi connectivity index (χ1n) is 5.09. The van der Waals surface area contributed by atoms with Gasteiger partial charge in [-0.05, 0) is 39.2 Å². The standard InChI is InChI=1S/C12H21N/c1-4-6-8-9-11-13-12(3)10-7-5-2/h1,5,12-13H,2,6-11H2,3H3. The molecule has 1 atom stereocenters. The van der Waals surface area contributed by atoms with Crippen molar-refractivity contribution in [3.8, 4) is 12.3 Å². The third-order valence-corrected chi connectivity index (χ3v) is 2.04. The molecule has 0 saturated heterocycles. The van der Waals surface area contributed by atoms with Crippen LogP contribution in [0.2, 0.25) is 0 Å². The Morgan fingerprint density at radius 1 is 1.54 bits per heavy atom. The zero-order chi connectivity index (χ0) is 9.94. The molecule has 0 aromatic rings. The topological polar surface area (TPSA) is 12.0 Å². The van der Waals surface area contributed by atoms with Crippen LogP contribution in [-0.4, -0.2) is 12.6 Å². The minimum absolute atomic E-state index is 0.601. The van der Waals surface area contributed by atoms with Crippen LogP contribution in [-0.2, 0) is 0 Å². The number of rotatable bonds is 8. The first-order chi connectivity index (χ1) is 6.31. The van der Waals surface area contributed by atoms with Crippen LogP contribution in [0.4, 0.5) is 0 Å². The van der Waals surface area contributed by atoms with Crippen LogP contribution in [0.3, 0.4) is 0 Å². The molecule has 1 heteroatoms. The van der Waals surface area contributed by atoms with Crippen molar-refractivity contribution in [1.82, 2.24) is 5.32 Å². The molecule has 0 bridgehead atoms. The normalized spacial score (nSPS) is 12.0. The van der Waals surface area contributed by atoms with E-state index in [1.165, 1.54) is 12.8 Å². The second-order valence-corrected chi connectivity index (χ2v) is 3.38. The molecular weight excluding hydrogens is 158 g/mol. The molecule has 1 N–H and O–H groups in total. The molecule has 0 radical (unpaired) electrons. The monoisotopic (exact) mass is 179 g/mol. The molecule has 74 valence electrons. The summed E-state index contributed by atoms with van der Waals surface area (Å²) in [5, 5.41) is 3.46. The molecule has 0 aliphatic rings. The van der Waals surface area contributed by atoms with Crippen molar-refractivity contribution >= 4 is 0 Å². The third-order valence-electron chi connectivity index (χ3n) is 2.04. The quantitative estimate of drug-likeness (QED) is 0.343. The Labute approximate surface area is 82.6 Å². The van der Waals surface area contributed by atoms with E-state index in [0.717, 1.165) is 25.8 Å². The second kappa shape index (κ2) is 9.35. The number of unbranched alkanes of at least 4 members (excludes halogenated alkanes) is 2. The van der Waals surface area contributed by atoms with E-state index >= 15 is 0 Å². The van der Waals surface area contributed by atoms with E-state index in [9.17, 15) is 0 Å². The van der Waals surface area contributed by atoms with Gasteiger partial charge in [0.1, 0.15) is 0 Å². The van der Waals surface area contributed by atoms with Crippen LogP contribution in [0.5, 0.6) is 0 Å². The van der Waals surface area contributed by atoms with Gasteiger partial charge in [-0.1, -0.05) is 6.08 Å². The minimum Gasteiger partial charge on any atom is -0.314 e. The molecule has 0 saturated carbocycles. The van der Waals surface area contributed by atoms with Gasteiger partial charge in [-0.15, -0.1) is 18.9 Å². The van der Waals surface area contributed by atoms with Crippen molar-refractivity contribution in [1.29, 1.82) is 0 Å². The third kappa shape index (κ3) is 9.17. The van der Waals surface area contributed by atoms with Gasteiger partial charge in [0, 0.05) is 12.5 Å². The maximum atomic E-state index is 5.15. The molecule has 0 rings (SSSR count). The Kier molecular flexibility index (Phi) is 8.82. The summed E-state index contributed by atoms with van der Waals surface area (Å²) in [6, 6.07) is 0.601. The minimum atomic E-state index is 0.601. The van der Waals surface area contributed by atoms with E-state index in [0.29, 0.717) is 6.04 Å². The van der Waals surface area contributed by atoms with Crippen LogP contribution in [0, 0.1) is 12.3 Å². The molecule has 0 amide bonds. The number of hydrogen-bond acceptors (Lipinski definition) is 1. The molecule has 13 heavy (non-hydrogen) atoms. The lowest BCUT2D eigenvalue weighted by Crippen LogP contribution is -2.26. The van der Waals surface area contributed by atoms with Crippen molar-refractivity contribution in [3.63, 3.8) is 0 Å². The van der Waals surface area contributed by atoms with E-state index in [4.69, 9.17) is 6.42 Å². The second-order valence-electron chi connectivity index (χ2n) is 3.38. The molecule has 1 unspecified atom stereocenters. The summed E-state index contributed by atoms with van der Waals surface area (Å²) in [6.45, 7) is 7.00. The largest absolute Gasteiger partial charge is 0.314 e. The van der Waals surface area contributed by atoms with Gasteiger partial charge < -0.3 is 5.32 Å². The van der Waals surface area contributed by atoms with Crippen molar-refractivity contribution in [2.45, 2.75) is 45.1 Å². The van der Waals surface area contributed by atoms with Crippen LogP contribution >= 0.6 is 0 Å². The molecule has 0 heterocycles. The molecule has 0 aliphatic carbocycles. The summed E-state index contributed by atoms with van der Waals surface area (Å²) in [7, 11) is 0. The molecule has 0 spiro atoms. The summed E-state index contributed by atoms with van der Waals surface area (Å²) in [6.07, 6.45) is 12.6. The summed E-state index contributed by atoms with van der Waals surface area (Å²) in [5.74, 6) is 2.65. The van der Waals surface area contributed by atoms with Crippen molar-refractivity contribution in [2.75, 3.05) is 6.54 Å². The number of allylic oxidation sites excluding steroid dienone is 1. The van der Waals surface area contributed by atoms with Crippen molar-refractivity contribution < 1.29 is 0 Å². The SMILES string of the molecule is C#CCCCCNC(C)CCC=C. The maximum absolute atomic E-state index is 5.15. The summed E-state index contributed by atoms with van der Waals surface area (Å²) < 4.78 is 0. The Hall–Kier alpha value is -0.740. The van der Waals surface area contributed by atoms with E-state index in [1.54, 1.807) is 0 Å². The highest BCUT2D eigenvalue weighted by Crippen LogP contribution is 1.98. The molecule has 0 aliphatic heterocycles. The van der Waals surface area contributed by atoms with E-state index < -0.39 is 0 Å². The fourth-order valence-electron chi connectivity index (χ4n) is 1.17. The molecule has 0 fully saturated rings. The number of nitrogens with one attached hydrogen (secondary N) is 1. The smallest absolute Gasteiger partial charge is 0.00865 e. The van der Waals surface area contributed by atoms with Crippen molar-refractivity contribution in [2.24, 2.45) is 0 Å². The lowest BCUT2D eigenvalue weighted by atomic mass is 10.1. The fraction of sp³-hybridized carbons (Fsp3) is 0.667. The van der Waals surface area contributed by atoms with Crippen LogP contribution in [0.1, 0.15) is 39.0 Å². The van der Waals surface area contributed by atoms with Gasteiger partial charge in [-0.3, -0.25) is 0 Å². The van der Waals surface area contributed by atoms with E-state index in [2.05, 4.69) is 24.7 Å². The molecule has 0 aromatic heterocycles. The van der Waals surface area contributed by atoms with Gasteiger partial charge >= 0.3 is 0 Å². The van der Waals surface area contributed by atoms with Gasteiger partial charge in [0.05, 0.1) is 0 Å². The fourth-order valence-corrected chi connectivity index (χ4v) is 1.17. The van der Waals surface area contributed by atoms with Crippen LogP contribution in [0.15, 0.2) is 12.7 Å². The summed E-state index contributed by atoms with van der Waals surface area (Å²) >= 11 is 0. The maximum Gasteiger partial charge on any atom is 0.00865 e. The van der Waals surface area contributed by atoms with E-state index in [1.807, 2.05) is 6.08 Å². The number of terminal acetylenes is 1. The first-order valence-corrected chi connectivity index (χ1v) is 5.09. The lowest BCUT2D eigenvalue weighted by molar-refractivity contribution is 0.505. The Morgan fingerprint density at radius 3 is 2.92 bits per heavy atom. The van der Waals surface area contributed by atoms with Crippen LogP contribution < -0.4 is 5.32 Å². The Morgan fingerprint density at radius 2 is 2.31 bits per heavy atom. The highest BCUT2D eigenvalue weighted by molar-refractivity contribution is 4.83. The summed E-state index contributed by atoms with van der Waals surface area (Å²) in [4.78, 5) is 0. The number of hydrogen-bond donors (Lipinski definition) is 1. The van der Waals surface area contributed by atoms with Crippen LogP contribution in [0.25, 0.3) is 0 Å². The van der Waals surface area contributed by atoms with Gasteiger partial charge in [0.15, 0.2) is 0 Å². The van der Waals surface area contributed by atoms with Gasteiger partial charge in [-0.25, -0.2) is 0 Å². The first kappa shape index (κ1) is 12.3. The highest BCUT2D eigenvalue weighted by Gasteiger charge is 1.97. The van der Waals surface area contributed by atoms with E-state index in [-0.39, 0.29) is 0 Å². The average molecular weight is 179 g/mol. The highest BCUT2D eigenvalue weighted by atomic mass is 14.9. The average Bonchev–Trinajstić information content (AvgIpc) is 2.14. The zero-order valence-electron chi connectivity index (χ0n) is 8.68. The molecule has 0 aromatic carbocycles. The van der Waals surface area contributed by atoms with Gasteiger partial charge in [-0.2, -0.15) is 0 Å². The predicted octanol–water partition coefficient (Wildman–Crippen LogP) is 2.73. The summed E-state index contributed by atoms with van der Waals surface area (Å²) in [5.41, 5.74) is 0. The predicted molar refractivity (Wildman–Crippen MR) is 59.6 cm³/mol. The molecular formula is C12H21N. The Bertz CT molecular complexity index is 155. The lowest BCUT2D eigenvalue weighted by Gasteiger charge is -2.11. The molecule has 1 nitrogen and oxygen atoms in total. The van der Waals surface area contributed by atoms with Gasteiger partial charge in [0.2, 0.25) is 0 Å².